The van der Waals surface area contributed by atoms with Crippen LogP contribution in [0.1, 0.15) is 44.1 Å². The molecule has 1 saturated carbocycles. The van der Waals surface area contributed by atoms with Gasteiger partial charge >= 0.3 is 0 Å². The van der Waals surface area contributed by atoms with Gasteiger partial charge in [-0.15, -0.1) is 0 Å². The lowest BCUT2D eigenvalue weighted by atomic mass is 10.1. The number of carbonyl (C=O) groups excluding carboxylic acids is 1. The lowest BCUT2D eigenvalue weighted by Gasteiger charge is -2.26. The zero-order chi connectivity index (χ0) is 18.5. The Hall–Kier alpha value is -2.69. The summed E-state index contributed by atoms with van der Waals surface area (Å²) in [5.74, 6) is 2.15. The van der Waals surface area contributed by atoms with Crippen LogP contribution in [0.5, 0.6) is 11.5 Å². The van der Waals surface area contributed by atoms with Gasteiger partial charge in [0.1, 0.15) is 5.76 Å². The molecule has 0 N–H and O–H groups in total. The molecule has 5 nitrogen and oxygen atoms in total. The molecule has 1 aromatic heterocycles. The van der Waals surface area contributed by atoms with Gasteiger partial charge in [0.15, 0.2) is 11.5 Å². The van der Waals surface area contributed by atoms with Crippen molar-refractivity contribution < 1.29 is 18.7 Å². The third kappa shape index (κ3) is 4.10. The Bertz CT molecular complexity index is 762. The first-order valence-electron chi connectivity index (χ1n) is 8.98. The van der Waals surface area contributed by atoms with Gasteiger partial charge < -0.3 is 18.8 Å². The van der Waals surface area contributed by atoms with E-state index in [1.54, 1.807) is 19.4 Å². The molecule has 0 spiro atoms. The van der Waals surface area contributed by atoms with E-state index in [9.17, 15) is 4.79 Å². The van der Waals surface area contributed by atoms with E-state index in [-0.39, 0.29) is 11.9 Å². The number of furan rings is 1. The molecule has 1 heterocycles. The van der Waals surface area contributed by atoms with Crippen LogP contribution in [0.4, 0.5) is 0 Å². The van der Waals surface area contributed by atoms with Gasteiger partial charge in [0, 0.05) is 12.1 Å². The summed E-state index contributed by atoms with van der Waals surface area (Å²) in [6, 6.07) is 9.61. The van der Waals surface area contributed by atoms with E-state index in [0.29, 0.717) is 24.1 Å². The van der Waals surface area contributed by atoms with Crippen LogP contribution in [0.3, 0.4) is 0 Å². The summed E-state index contributed by atoms with van der Waals surface area (Å²) in [5, 5.41) is 0. The molecule has 26 heavy (non-hydrogen) atoms. The molecule has 1 unspecified atom stereocenters. The van der Waals surface area contributed by atoms with Gasteiger partial charge in [-0.1, -0.05) is 6.07 Å². The van der Waals surface area contributed by atoms with Gasteiger partial charge in [-0.05, 0) is 62.6 Å². The van der Waals surface area contributed by atoms with E-state index in [0.717, 1.165) is 24.2 Å². The first-order chi connectivity index (χ1) is 12.6. The average Bonchev–Trinajstić information content (AvgIpc) is 3.32. The Morgan fingerprint density at radius 1 is 1.35 bits per heavy atom. The molecule has 3 rings (SSSR count). The molecule has 0 bridgehead atoms. The number of methoxy groups -OCH3 is 1. The largest absolute Gasteiger partial charge is 0.493 e. The molecule has 1 aromatic carbocycles. The quantitative estimate of drug-likeness (QED) is 0.656. The fourth-order valence-corrected chi connectivity index (χ4v) is 3.02. The van der Waals surface area contributed by atoms with Crippen LogP contribution in [0.25, 0.3) is 6.08 Å². The molecule has 1 amide bonds. The third-order valence-electron chi connectivity index (χ3n) is 4.47. The normalized spacial score (nSPS) is 15.0. The maximum Gasteiger partial charge on any atom is 0.247 e. The minimum atomic E-state index is -0.0792. The molecule has 1 fully saturated rings. The highest BCUT2D eigenvalue weighted by molar-refractivity contribution is 5.92. The molecular formula is C21H25NO4. The van der Waals surface area contributed by atoms with Crippen LogP contribution in [-0.4, -0.2) is 30.6 Å². The molecule has 1 aliphatic rings. The van der Waals surface area contributed by atoms with Crippen molar-refractivity contribution in [2.24, 2.45) is 0 Å². The Morgan fingerprint density at radius 3 is 2.77 bits per heavy atom. The highest BCUT2D eigenvalue weighted by atomic mass is 16.5. The first kappa shape index (κ1) is 18.1. The van der Waals surface area contributed by atoms with Gasteiger partial charge in [-0.2, -0.15) is 0 Å². The molecule has 5 heteroatoms. The summed E-state index contributed by atoms with van der Waals surface area (Å²) in [6.07, 6.45) is 7.16. The maximum absolute atomic E-state index is 12.8. The highest BCUT2D eigenvalue weighted by Gasteiger charge is 2.36. The predicted octanol–water partition coefficient (Wildman–Crippen LogP) is 4.45. The Labute approximate surface area is 154 Å². The monoisotopic (exact) mass is 355 g/mol. The second-order valence-corrected chi connectivity index (χ2v) is 6.34. The van der Waals surface area contributed by atoms with Crippen LogP contribution in [-0.2, 0) is 4.79 Å². The number of hydrogen-bond donors (Lipinski definition) is 0. The molecule has 2 aromatic rings. The SMILES string of the molecule is CCOc1cc(/C=C/C(=O)N(C2CC2)C(C)c2ccco2)ccc1OC. The van der Waals surface area contributed by atoms with Gasteiger partial charge in [-0.3, -0.25) is 4.79 Å². The second-order valence-electron chi connectivity index (χ2n) is 6.34. The summed E-state index contributed by atoms with van der Waals surface area (Å²) >= 11 is 0. The topological polar surface area (TPSA) is 51.9 Å². The number of nitrogens with zero attached hydrogens (tertiary/aromatic N) is 1. The van der Waals surface area contributed by atoms with Crippen molar-refractivity contribution in [1.29, 1.82) is 0 Å². The molecular weight excluding hydrogens is 330 g/mol. The summed E-state index contributed by atoms with van der Waals surface area (Å²) in [6.45, 7) is 4.48. The number of ether oxygens (including phenoxy) is 2. The standard InChI is InChI=1S/C21H25NO4/c1-4-25-20-14-16(7-11-19(20)24-3)8-12-21(23)22(17-9-10-17)15(2)18-6-5-13-26-18/h5-8,11-15,17H,4,9-10H2,1-3H3/b12-8+. The van der Waals surface area contributed by atoms with E-state index >= 15 is 0 Å². The molecule has 1 atom stereocenters. The molecule has 0 radical (unpaired) electrons. The number of benzene rings is 1. The highest BCUT2D eigenvalue weighted by Crippen LogP contribution is 2.35. The minimum Gasteiger partial charge on any atom is -0.493 e. The van der Waals surface area contributed by atoms with Crippen molar-refractivity contribution in [3.8, 4) is 11.5 Å². The van der Waals surface area contributed by atoms with E-state index in [1.807, 2.05) is 55.2 Å². The fourth-order valence-electron chi connectivity index (χ4n) is 3.02. The molecule has 0 aliphatic heterocycles. The van der Waals surface area contributed by atoms with Crippen molar-refractivity contribution in [3.05, 3.63) is 54.0 Å². The summed E-state index contributed by atoms with van der Waals surface area (Å²) in [5.41, 5.74) is 0.893. The van der Waals surface area contributed by atoms with Crippen molar-refractivity contribution in [2.45, 2.75) is 38.8 Å². The third-order valence-corrected chi connectivity index (χ3v) is 4.47. The second kappa shape index (κ2) is 8.13. The molecule has 0 saturated heterocycles. The van der Waals surface area contributed by atoms with E-state index in [1.165, 1.54) is 0 Å². The zero-order valence-electron chi connectivity index (χ0n) is 15.5. The van der Waals surface area contributed by atoms with Gasteiger partial charge in [-0.25, -0.2) is 0 Å². The summed E-state index contributed by atoms with van der Waals surface area (Å²) in [7, 11) is 1.61. The zero-order valence-corrected chi connectivity index (χ0v) is 15.5. The fraction of sp³-hybridized carbons (Fsp3) is 0.381. The first-order valence-corrected chi connectivity index (χ1v) is 8.98. The lowest BCUT2D eigenvalue weighted by Crippen LogP contribution is -2.34. The van der Waals surface area contributed by atoms with E-state index < -0.39 is 0 Å². The van der Waals surface area contributed by atoms with Crippen LogP contribution in [0, 0.1) is 0 Å². The summed E-state index contributed by atoms with van der Waals surface area (Å²) < 4.78 is 16.4. The maximum atomic E-state index is 12.8. The Morgan fingerprint density at radius 2 is 2.15 bits per heavy atom. The van der Waals surface area contributed by atoms with Crippen LogP contribution < -0.4 is 9.47 Å². The van der Waals surface area contributed by atoms with Gasteiger partial charge in [0.05, 0.1) is 26.0 Å². The van der Waals surface area contributed by atoms with Crippen molar-refractivity contribution >= 4 is 12.0 Å². The van der Waals surface area contributed by atoms with Crippen molar-refractivity contribution in [1.82, 2.24) is 4.90 Å². The lowest BCUT2D eigenvalue weighted by molar-refractivity contribution is -0.129. The average molecular weight is 355 g/mol. The summed E-state index contributed by atoms with van der Waals surface area (Å²) in [4.78, 5) is 14.7. The number of hydrogen-bond acceptors (Lipinski definition) is 4. The van der Waals surface area contributed by atoms with Crippen molar-refractivity contribution in [3.63, 3.8) is 0 Å². The van der Waals surface area contributed by atoms with Crippen molar-refractivity contribution in [2.75, 3.05) is 13.7 Å². The minimum absolute atomic E-state index is 0.00909. The van der Waals surface area contributed by atoms with Crippen LogP contribution in [0.15, 0.2) is 47.1 Å². The Balaban J connectivity index is 1.76. The smallest absolute Gasteiger partial charge is 0.247 e. The Kier molecular flexibility index (Phi) is 5.66. The van der Waals surface area contributed by atoms with E-state index in [2.05, 4.69) is 0 Å². The van der Waals surface area contributed by atoms with E-state index in [4.69, 9.17) is 13.9 Å². The van der Waals surface area contributed by atoms with Crippen LogP contribution >= 0.6 is 0 Å². The molecule has 1 aliphatic carbocycles. The van der Waals surface area contributed by atoms with Gasteiger partial charge in [0.2, 0.25) is 5.91 Å². The number of carbonyl (C=O) groups is 1. The molecule has 138 valence electrons. The predicted molar refractivity (Wildman–Crippen MR) is 100 cm³/mol. The number of amides is 1. The number of rotatable bonds is 8. The van der Waals surface area contributed by atoms with Crippen LogP contribution in [0.2, 0.25) is 0 Å². The van der Waals surface area contributed by atoms with Gasteiger partial charge in [0.25, 0.3) is 0 Å².